The second-order valence-corrected chi connectivity index (χ2v) is 4.34. The van der Waals surface area contributed by atoms with E-state index in [1.165, 1.54) is 7.11 Å². The third-order valence-corrected chi connectivity index (χ3v) is 3.64. The first-order chi connectivity index (χ1) is 6.02. The number of alkyl halides is 4. The van der Waals surface area contributed by atoms with Gasteiger partial charge >= 0.3 is 5.97 Å². The molecule has 0 saturated heterocycles. The molecule has 0 aliphatic heterocycles. The first kappa shape index (κ1) is 13.6. The average molecular weight is 268 g/mol. The first-order valence-electron chi connectivity index (χ1n) is 3.58. The van der Waals surface area contributed by atoms with Crippen molar-refractivity contribution in [1.82, 2.24) is 0 Å². The van der Waals surface area contributed by atoms with E-state index in [4.69, 9.17) is 46.4 Å². The summed E-state index contributed by atoms with van der Waals surface area (Å²) in [4.78, 5) is 10.8. The lowest BCUT2D eigenvalue weighted by Gasteiger charge is -2.17. The van der Waals surface area contributed by atoms with Crippen LogP contribution in [0.3, 0.4) is 0 Å². The van der Waals surface area contributed by atoms with E-state index in [0.717, 1.165) is 0 Å². The van der Waals surface area contributed by atoms with E-state index in [1.54, 1.807) is 0 Å². The van der Waals surface area contributed by atoms with Crippen molar-refractivity contribution in [3.8, 4) is 0 Å². The molecule has 0 fully saturated rings. The number of hydrogen-bond acceptors (Lipinski definition) is 2. The highest BCUT2D eigenvalue weighted by atomic mass is 35.5. The maximum Gasteiger partial charge on any atom is 0.307 e. The zero-order valence-electron chi connectivity index (χ0n) is 6.97. The van der Waals surface area contributed by atoms with Gasteiger partial charge in [0, 0.05) is 5.88 Å². The molecule has 0 N–H and O–H groups in total. The smallest absolute Gasteiger partial charge is 0.307 e. The van der Waals surface area contributed by atoms with Gasteiger partial charge in [-0.2, -0.15) is 0 Å². The third-order valence-electron chi connectivity index (χ3n) is 1.43. The zero-order chi connectivity index (χ0) is 10.4. The minimum atomic E-state index is -0.560. The molecule has 78 valence electrons. The van der Waals surface area contributed by atoms with E-state index in [2.05, 4.69) is 4.74 Å². The summed E-state index contributed by atoms with van der Waals surface area (Å²) in [5.41, 5.74) is 0. The molecule has 0 radical (unpaired) electrons. The molecule has 13 heavy (non-hydrogen) atoms. The van der Waals surface area contributed by atoms with Crippen LogP contribution in [-0.2, 0) is 9.53 Å². The summed E-state index contributed by atoms with van der Waals surface area (Å²) >= 11 is 22.8. The quantitative estimate of drug-likeness (QED) is 0.566. The number of ether oxygens (including phenoxy) is 1. The fourth-order valence-corrected chi connectivity index (χ4v) is 1.68. The van der Waals surface area contributed by atoms with Crippen LogP contribution >= 0.6 is 46.4 Å². The fraction of sp³-hybridized carbons (Fsp3) is 0.857. The van der Waals surface area contributed by atoms with Crippen LogP contribution in [0.15, 0.2) is 0 Å². The minimum Gasteiger partial charge on any atom is -0.469 e. The van der Waals surface area contributed by atoms with Crippen molar-refractivity contribution >= 4 is 52.4 Å². The van der Waals surface area contributed by atoms with Gasteiger partial charge in [-0.1, -0.05) is 0 Å². The SMILES string of the molecule is COC(=O)CC(Cl)C(Cl)C(Cl)CCl. The van der Waals surface area contributed by atoms with Gasteiger partial charge in [-0.05, 0) is 0 Å². The molecule has 0 heterocycles. The Morgan fingerprint density at radius 2 is 1.85 bits per heavy atom. The van der Waals surface area contributed by atoms with Crippen LogP contribution in [0.5, 0.6) is 0 Å². The highest BCUT2D eigenvalue weighted by Crippen LogP contribution is 2.22. The van der Waals surface area contributed by atoms with Gasteiger partial charge in [0.2, 0.25) is 0 Å². The molecule has 0 spiro atoms. The maximum atomic E-state index is 10.8. The van der Waals surface area contributed by atoms with Gasteiger partial charge in [0.05, 0.1) is 29.7 Å². The molecular weight excluding hydrogens is 258 g/mol. The summed E-state index contributed by atoms with van der Waals surface area (Å²) in [6, 6.07) is 0. The minimum absolute atomic E-state index is 0.0341. The molecule has 2 nitrogen and oxygen atoms in total. The van der Waals surface area contributed by atoms with Crippen molar-refractivity contribution in [3.05, 3.63) is 0 Å². The van der Waals surface area contributed by atoms with Crippen molar-refractivity contribution in [3.63, 3.8) is 0 Å². The summed E-state index contributed by atoms with van der Waals surface area (Å²) in [5, 5.41) is -1.55. The molecule has 3 atom stereocenters. The predicted molar refractivity (Wildman–Crippen MR) is 56.3 cm³/mol. The van der Waals surface area contributed by atoms with Crippen molar-refractivity contribution in [1.29, 1.82) is 0 Å². The Balaban J connectivity index is 3.95. The van der Waals surface area contributed by atoms with E-state index in [1.807, 2.05) is 0 Å². The van der Waals surface area contributed by atoms with Crippen LogP contribution in [0, 0.1) is 0 Å². The van der Waals surface area contributed by atoms with Crippen molar-refractivity contribution in [2.45, 2.75) is 22.6 Å². The molecule has 0 bridgehead atoms. The maximum absolute atomic E-state index is 10.8. The van der Waals surface area contributed by atoms with Gasteiger partial charge in [-0.25, -0.2) is 0 Å². The summed E-state index contributed by atoms with van der Waals surface area (Å²) < 4.78 is 4.43. The molecule has 0 aromatic heterocycles. The van der Waals surface area contributed by atoms with E-state index in [-0.39, 0.29) is 12.3 Å². The first-order valence-corrected chi connectivity index (χ1v) is 5.42. The number of methoxy groups -OCH3 is 1. The van der Waals surface area contributed by atoms with Crippen LogP contribution in [0.2, 0.25) is 0 Å². The van der Waals surface area contributed by atoms with Crippen molar-refractivity contribution < 1.29 is 9.53 Å². The largest absolute Gasteiger partial charge is 0.469 e. The van der Waals surface area contributed by atoms with Crippen LogP contribution in [0.1, 0.15) is 6.42 Å². The zero-order valence-corrected chi connectivity index (χ0v) is 10.00. The highest BCUT2D eigenvalue weighted by molar-refractivity contribution is 6.37. The Bertz CT molecular complexity index is 165. The molecule has 3 unspecified atom stereocenters. The lowest BCUT2D eigenvalue weighted by atomic mass is 10.2. The Morgan fingerprint density at radius 1 is 1.31 bits per heavy atom. The highest BCUT2D eigenvalue weighted by Gasteiger charge is 2.26. The second-order valence-electron chi connectivity index (χ2n) is 2.41. The topological polar surface area (TPSA) is 26.3 Å². The molecule has 0 aliphatic carbocycles. The third kappa shape index (κ3) is 5.16. The second kappa shape index (κ2) is 6.99. The Morgan fingerprint density at radius 3 is 2.23 bits per heavy atom. The number of esters is 1. The fourth-order valence-electron chi connectivity index (χ4n) is 0.667. The molecule has 0 rings (SSSR count). The lowest BCUT2D eigenvalue weighted by molar-refractivity contribution is -0.140. The molecule has 0 aromatic carbocycles. The van der Waals surface area contributed by atoms with E-state index in [9.17, 15) is 4.79 Å². The summed E-state index contributed by atoms with van der Waals surface area (Å²) in [7, 11) is 1.29. The standard InChI is InChI=1S/C7H10Cl4O2/c1-13-6(12)2-4(9)7(11)5(10)3-8/h4-5,7H,2-3H2,1H3. The monoisotopic (exact) mass is 266 g/mol. The Labute approximate surface area is 97.4 Å². The van der Waals surface area contributed by atoms with Crippen LogP contribution in [0.25, 0.3) is 0 Å². The van der Waals surface area contributed by atoms with Gasteiger partial charge < -0.3 is 4.74 Å². The van der Waals surface area contributed by atoms with Crippen LogP contribution in [0.4, 0.5) is 0 Å². The van der Waals surface area contributed by atoms with E-state index in [0.29, 0.717) is 0 Å². The number of halogens is 4. The van der Waals surface area contributed by atoms with Crippen LogP contribution < -0.4 is 0 Å². The summed E-state index contributed by atoms with van der Waals surface area (Å²) in [5.74, 6) is -0.218. The molecular formula is C7H10Cl4O2. The van der Waals surface area contributed by atoms with E-state index < -0.39 is 22.1 Å². The van der Waals surface area contributed by atoms with Crippen molar-refractivity contribution in [2.75, 3.05) is 13.0 Å². The van der Waals surface area contributed by atoms with Crippen molar-refractivity contribution in [2.24, 2.45) is 0 Å². The molecule has 0 aliphatic rings. The molecule has 0 aromatic rings. The van der Waals surface area contributed by atoms with Crippen LogP contribution in [-0.4, -0.2) is 35.1 Å². The Hall–Kier alpha value is 0.630. The molecule has 6 heteroatoms. The van der Waals surface area contributed by atoms with Gasteiger partial charge in [-0.15, -0.1) is 46.4 Å². The number of carbonyl (C=O) groups excluding carboxylic acids is 1. The molecule has 0 amide bonds. The van der Waals surface area contributed by atoms with Gasteiger partial charge in [0.15, 0.2) is 0 Å². The number of rotatable bonds is 5. The van der Waals surface area contributed by atoms with Gasteiger partial charge in [-0.3, -0.25) is 4.79 Å². The normalized spacial score (nSPS) is 17.6. The average Bonchev–Trinajstić information content (AvgIpc) is 2.14. The molecule has 0 saturated carbocycles. The van der Waals surface area contributed by atoms with Gasteiger partial charge in [0.25, 0.3) is 0 Å². The summed E-state index contributed by atoms with van der Waals surface area (Å²) in [6.45, 7) is 0. The summed E-state index contributed by atoms with van der Waals surface area (Å²) in [6.07, 6.45) is 0.0341. The van der Waals surface area contributed by atoms with Gasteiger partial charge in [0.1, 0.15) is 0 Å². The van der Waals surface area contributed by atoms with E-state index >= 15 is 0 Å². The number of carbonyl (C=O) groups is 1. The Kier molecular flexibility index (Phi) is 7.33. The predicted octanol–water partition coefficient (Wildman–Crippen LogP) is 2.61. The number of hydrogen-bond donors (Lipinski definition) is 0. The lowest BCUT2D eigenvalue weighted by Crippen LogP contribution is -2.29.